The lowest BCUT2D eigenvalue weighted by Crippen LogP contribution is -2.41. The van der Waals surface area contributed by atoms with Gasteiger partial charge in [-0.1, -0.05) is 24.3 Å². The molecule has 1 aromatic rings. The molecule has 0 amide bonds. The third-order valence-electron chi connectivity index (χ3n) is 3.57. The lowest BCUT2D eigenvalue weighted by molar-refractivity contribution is -0.141. The first-order valence-corrected chi connectivity index (χ1v) is 6.61. The number of carbonyl (C=O) groups excluding carboxylic acids is 2. The van der Waals surface area contributed by atoms with Crippen molar-refractivity contribution in [1.29, 1.82) is 0 Å². The van der Waals surface area contributed by atoms with Crippen molar-refractivity contribution in [2.24, 2.45) is 0 Å². The molecule has 0 saturated heterocycles. The van der Waals surface area contributed by atoms with Gasteiger partial charge in [-0.3, -0.25) is 9.59 Å². The van der Waals surface area contributed by atoms with Crippen molar-refractivity contribution in [3.8, 4) is 0 Å². The largest absolute Gasteiger partial charge is 0.469 e. The van der Waals surface area contributed by atoms with E-state index in [-0.39, 0.29) is 30.4 Å². The molecule has 1 aliphatic rings. The molecule has 5 nitrogen and oxygen atoms in total. The van der Waals surface area contributed by atoms with Crippen LogP contribution in [0.2, 0.25) is 0 Å². The zero-order valence-corrected chi connectivity index (χ0v) is 11.7. The molecule has 0 spiro atoms. The highest BCUT2D eigenvalue weighted by molar-refractivity contribution is 5.71. The first-order valence-electron chi connectivity index (χ1n) is 6.61. The molecule has 0 fully saturated rings. The molecule has 0 bridgehead atoms. The van der Waals surface area contributed by atoms with Crippen molar-refractivity contribution >= 4 is 11.9 Å². The second-order valence-electron chi connectivity index (χ2n) is 4.88. The Balaban J connectivity index is 2.17. The molecule has 2 unspecified atom stereocenters. The third kappa shape index (κ3) is 3.36. The summed E-state index contributed by atoms with van der Waals surface area (Å²) in [4.78, 5) is 22.9. The Morgan fingerprint density at radius 2 is 1.80 bits per heavy atom. The summed E-state index contributed by atoms with van der Waals surface area (Å²) in [5.74, 6) is -0.519. The van der Waals surface area contributed by atoms with Gasteiger partial charge >= 0.3 is 11.9 Å². The Kier molecular flexibility index (Phi) is 4.74. The Hall–Kier alpha value is -1.88. The smallest absolute Gasteiger partial charge is 0.307 e. The van der Waals surface area contributed by atoms with Crippen molar-refractivity contribution < 1.29 is 19.1 Å². The average molecular weight is 277 g/mol. The molecule has 0 saturated carbocycles. The monoisotopic (exact) mass is 277 g/mol. The molecule has 20 heavy (non-hydrogen) atoms. The summed E-state index contributed by atoms with van der Waals surface area (Å²) in [6, 6.07) is 7.81. The summed E-state index contributed by atoms with van der Waals surface area (Å²) in [5.41, 5.74) is 2.26. The Bertz CT molecular complexity index is 500. The molecular formula is C15H19NO4. The third-order valence-corrected chi connectivity index (χ3v) is 3.57. The first kappa shape index (κ1) is 14.5. The topological polar surface area (TPSA) is 64.6 Å². The van der Waals surface area contributed by atoms with Gasteiger partial charge in [-0.05, 0) is 17.5 Å². The van der Waals surface area contributed by atoms with Gasteiger partial charge in [0, 0.05) is 12.1 Å². The lowest BCUT2D eigenvalue weighted by Gasteiger charge is -2.32. The Morgan fingerprint density at radius 1 is 1.15 bits per heavy atom. The molecule has 5 heteroatoms. The van der Waals surface area contributed by atoms with E-state index < -0.39 is 0 Å². The van der Waals surface area contributed by atoms with Crippen LogP contribution in [0.4, 0.5) is 0 Å². The van der Waals surface area contributed by atoms with Crippen molar-refractivity contribution in [2.45, 2.75) is 31.3 Å². The fraction of sp³-hybridized carbons (Fsp3) is 0.467. The molecule has 0 aliphatic carbocycles. The van der Waals surface area contributed by atoms with Crippen LogP contribution in [-0.2, 0) is 25.5 Å². The summed E-state index contributed by atoms with van der Waals surface area (Å²) < 4.78 is 9.44. The zero-order chi connectivity index (χ0) is 14.5. The minimum absolute atomic E-state index is 0.0213. The van der Waals surface area contributed by atoms with E-state index in [0.717, 1.165) is 17.5 Å². The molecule has 0 aromatic heterocycles. The Morgan fingerprint density at radius 3 is 2.50 bits per heavy atom. The average Bonchev–Trinajstić information content (AvgIpc) is 2.47. The number of ether oxygens (including phenoxy) is 2. The van der Waals surface area contributed by atoms with Gasteiger partial charge in [-0.25, -0.2) is 0 Å². The maximum absolute atomic E-state index is 11.5. The van der Waals surface area contributed by atoms with E-state index in [1.165, 1.54) is 14.2 Å². The standard InChI is InChI=1S/C15H19NO4/c1-19-14(17)8-11-7-10-5-3-4-6-12(10)13(16-11)9-15(18)20-2/h3-6,11,13,16H,7-9H2,1-2H3. The van der Waals surface area contributed by atoms with E-state index in [1.54, 1.807) is 0 Å². The normalized spacial score (nSPS) is 20.9. The SMILES string of the molecule is COC(=O)CC1Cc2ccccc2C(CC(=O)OC)N1. The second-order valence-corrected chi connectivity index (χ2v) is 4.88. The fourth-order valence-electron chi connectivity index (χ4n) is 2.59. The minimum atomic E-state index is -0.268. The second kappa shape index (κ2) is 6.52. The van der Waals surface area contributed by atoms with Gasteiger partial charge in [0.25, 0.3) is 0 Å². The number of benzene rings is 1. The van der Waals surface area contributed by atoms with Gasteiger partial charge in [0.1, 0.15) is 0 Å². The molecular weight excluding hydrogens is 258 g/mol. The van der Waals surface area contributed by atoms with Crippen LogP contribution < -0.4 is 5.32 Å². The highest BCUT2D eigenvalue weighted by Gasteiger charge is 2.29. The van der Waals surface area contributed by atoms with Crippen LogP contribution in [0.5, 0.6) is 0 Å². The van der Waals surface area contributed by atoms with Gasteiger partial charge in [-0.15, -0.1) is 0 Å². The molecule has 2 atom stereocenters. The fourth-order valence-corrected chi connectivity index (χ4v) is 2.59. The van der Waals surface area contributed by atoms with E-state index in [0.29, 0.717) is 6.42 Å². The Labute approximate surface area is 118 Å². The maximum Gasteiger partial charge on any atom is 0.307 e. The van der Waals surface area contributed by atoms with Gasteiger partial charge in [0.15, 0.2) is 0 Å². The molecule has 1 aromatic carbocycles. The molecule has 2 rings (SSSR count). The van der Waals surface area contributed by atoms with E-state index in [1.807, 2.05) is 24.3 Å². The van der Waals surface area contributed by atoms with Crippen LogP contribution in [0.3, 0.4) is 0 Å². The predicted octanol–water partition coefficient (Wildman–Crippen LogP) is 1.37. The molecule has 1 heterocycles. The van der Waals surface area contributed by atoms with Gasteiger partial charge < -0.3 is 14.8 Å². The molecule has 108 valence electrons. The van der Waals surface area contributed by atoms with Crippen LogP contribution >= 0.6 is 0 Å². The first-order chi connectivity index (χ1) is 9.63. The number of methoxy groups -OCH3 is 2. The van der Waals surface area contributed by atoms with Gasteiger partial charge in [0.2, 0.25) is 0 Å². The molecule has 1 aliphatic heterocycles. The number of hydrogen-bond acceptors (Lipinski definition) is 5. The number of esters is 2. The number of carbonyl (C=O) groups is 2. The summed E-state index contributed by atoms with van der Waals surface area (Å²) in [5, 5.41) is 3.34. The molecule has 1 N–H and O–H groups in total. The van der Waals surface area contributed by atoms with Crippen molar-refractivity contribution in [3.05, 3.63) is 35.4 Å². The quantitative estimate of drug-likeness (QED) is 0.842. The van der Waals surface area contributed by atoms with Crippen LogP contribution in [0.1, 0.15) is 30.0 Å². The van der Waals surface area contributed by atoms with Crippen molar-refractivity contribution in [1.82, 2.24) is 5.32 Å². The highest BCUT2D eigenvalue weighted by Crippen LogP contribution is 2.28. The lowest BCUT2D eigenvalue weighted by atomic mass is 9.87. The summed E-state index contributed by atoms with van der Waals surface area (Å²) in [7, 11) is 2.76. The van der Waals surface area contributed by atoms with Crippen LogP contribution in [0, 0.1) is 0 Å². The predicted molar refractivity (Wildman–Crippen MR) is 73.1 cm³/mol. The number of nitrogens with one attached hydrogen (secondary N) is 1. The summed E-state index contributed by atoms with van der Waals surface area (Å²) in [6.45, 7) is 0. The molecule has 0 radical (unpaired) electrons. The number of fused-ring (bicyclic) bond motifs is 1. The number of hydrogen-bond donors (Lipinski definition) is 1. The van der Waals surface area contributed by atoms with E-state index in [4.69, 9.17) is 9.47 Å². The summed E-state index contributed by atoms with van der Waals surface area (Å²) >= 11 is 0. The zero-order valence-electron chi connectivity index (χ0n) is 11.7. The minimum Gasteiger partial charge on any atom is -0.469 e. The van der Waals surface area contributed by atoms with Crippen LogP contribution in [0.25, 0.3) is 0 Å². The maximum atomic E-state index is 11.5. The van der Waals surface area contributed by atoms with Crippen LogP contribution in [0.15, 0.2) is 24.3 Å². The van der Waals surface area contributed by atoms with E-state index >= 15 is 0 Å². The summed E-state index contributed by atoms with van der Waals surface area (Å²) in [6.07, 6.45) is 1.30. The van der Waals surface area contributed by atoms with E-state index in [9.17, 15) is 9.59 Å². The van der Waals surface area contributed by atoms with Gasteiger partial charge in [-0.2, -0.15) is 0 Å². The van der Waals surface area contributed by atoms with Crippen LogP contribution in [-0.4, -0.2) is 32.2 Å². The van der Waals surface area contributed by atoms with E-state index in [2.05, 4.69) is 5.32 Å². The van der Waals surface area contributed by atoms with Crippen molar-refractivity contribution in [3.63, 3.8) is 0 Å². The van der Waals surface area contributed by atoms with Gasteiger partial charge in [0.05, 0.1) is 27.1 Å². The number of rotatable bonds is 4. The van der Waals surface area contributed by atoms with Crippen molar-refractivity contribution in [2.75, 3.05) is 14.2 Å². The highest BCUT2D eigenvalue weighted by atomic mass is 16.5.